The Kier molecular flexibility index (Phi) is 10.8. The molecule has 5 rings (SSSR count). The van der Waals surface area contributed by atoms with E-state index in [4.69, 9.17) is 5.73 Å². The van der Waals surface area contributed by atoms with Crippen LogP contribution in [0.4, 0.5) is 0 Å². The molecule has 5 N–H and O–H groups in total. The normalized spacial score (nSPS) is 21.7. The summed E-state index contributed by atoms with van der Waals surface area (Å²) in [4.78, 5) is 69.1. The fraction of sp³-hybridized carbons (Fsp3) is 0.600. The number of aliphatic hydroxyl groups is 1. The van der Waals surface area contributed by atoms with Crippen LogP contribution in [-0.2, 0) is 24.8 Å². The van der Waals surface area contributed by atoms with Gasteiger partial charge in [-0.15, -0.1) is 5.10 Å². The van der Waals surface area contributed by atoms with Gasteiger partial charge in [0.25, 0.3) is 11.8 Å². The maximum absolute atomic E-state index is 14.7. The lowest BCUT2D eigenvalue weighted by Gasteiger charge is -2.38. The molecule has 4 amide bonds. The molecule has 0 bridgehead atoms. The predicted octanol–water partition coefficient (Wildman–Crippen LogP) is 2.16. The van der Waals surface area contributed by atoms with Crippen LogP contribution >= 0.6 is 0 Å². The quantitative estimate of drug-likeness (QED) is 0.257. The van der Waals surface area contributed by atoms with Crippen molar-refractivity contribution >= 4 is 29.4 Å². The summed E-state index contributed by atoms with van der Waals surface area (Å²) in [7, 11) is 0. The molecular formula is C35H46N8O6. The molecular weight excluding hydrogens is 628 g/mol. The average Bonchev–Trinajstić information content (AvgIpc) is 3.77. The molecule has 1 aromatic heterocycles. The fourth-order valence-electron chi connectivity index (χ4n) is 7.67. The smallest absolute Gasteiger partial charge is 0.287 e. The summed E-state index contributed by atoms with van der Waals surface area (Å²) in [6.07, 6.45) is 9.45. The molecule has 14 nitrogen and oxygen atoms in total. The highest BCUT2D eigenvalue weighted by Gasteiger charge is 2.49. The molecule has 14 heteroatoms. The van der Waals surface area contributed by atoms with Gasteiger partial charge in [0, 0.05) is 18.5 Å². The molecule has 0 spiro atoms. The van der Waals surface area contributed by atoms with Crippen LogP contribution in [0.1, 0.15) is 119 Å². The number of carbonyl (C=O) groups is 5. The lowest BCUT2D eigenvalue weighted by atomic mass is 9.78. The summed E-state index contributed by atoms with van der Waals surface area (Å²) in [6.45, 7) is 3.20. The highest BCUT2D eigenvalue weighted by atomic mass is 16.3. The number of carbonyl (C=O) groups excluding carboxylic acids is 5. The van der Waals surface area contributed by atoms with Crippen molar-refractivity contribution in [2.75, 3.05) is 6.54 Å². The Morgan fingerprint density at radius 2 is 1.71 bits per heavy atom. The van der Waals surface area contributed by atoms with E-state index in [9.17, 15) is 34.3 Å². The molecule has 1 aromatic carbocycles. The third-order valence-electron chi connectivity index (χ3n) is 10.3. The first-order chi connectivity index (χ1) is 23.3. The summed E-state index contributed by atoms with van der Waals surface area (Å²) in [5.41, 5.74) is 3.73. The Hall–Kier alpha value is -4.64. The molecule has 3 atom stereocenters. The molecule has 1 aliphatic heterocycles. The molecule has 2 saturated carbocycles. The molecule has 2 aromatic rings. The van der Waals surface area contributed by atoms with E-state index in [1.54, 1.807) is 13.8 Å². The summed E-state index contributed by atoms with van der Waals surface area (Å²) in [6, 6.07) is 5.52. The highest BCUT2D eigenvalue weighted by molar-refractivity contribution is 6.39. The number of nitrogens with two attached hydrogens (primary N) is 1. The molecule has 2 aliphatic carbocycles. The van der Waals surface area contributed by atoms with Gasteiger partial charge >= 0.3 is 0 Å². The van der Waals surface area contributed by atoms with Crippen LogP contribution in [0.3, 0.4) is 0 Å². The van der Waals surface area contributed by atoms with Gasteiger partial charge in [0.05, 0.1) is 29.6 Å². The van der Waals surface area contributed by atoms with Crippen molar-refractivity contribution < 1.29 is 29.1 Å². The largest absolute Gasteiger partial charge is 0.384 e. The maximum atomic E-state index is 14.7. The molecule has 0 radical (unpaired) electrons. The van der Waals surface area contributed by atoms with Gasteiger partial charge < -0.3 is 26.4 Å². The van der Waals surface area contributed by atoms with Gasteiger partial charge in [-0.1, -0.05) is 56.6 Å². The van der Waals surface area contributed by atoms with Gasteiger partial charge in [-0.25, -0.2) is 4.68 Å². The second-order valence-electron chi connectivity index (χ2n) is 14.3. The van der Waals surface area contributed by atoms with Crippen LogP contribution in [0.15, 0.2) is 30.5 Å². The van der Waals surface area contributed by atoms with Crippen LogP contribution in [0.2, 0.25) is 0 Å². The van der Waals surface area contributed by atoms with Crippen molar-refractivity contribution in [1.29, 1.82) is 5.26 Å². The minimum absolute atomic E-state index is 0.0219. The SMILES string of the molecule is CC(C)(O)c1cnnn1[C@H]1C[C@@H](C(=O)NC2(C(=O)C(N)=O)CCCCC2)N(C(=O)[C@@H](CC2CCCCC2)NC(=O)c2ccc(C#N)cc2)C1. The zero-order valence-electron chi connectivity index (χ0n) is 28.2. The third kappa shape index (κ3) is 7.99. The van der Waals surface area contributed by atoms with Crippen molar-refractivity contribution in [3.63, 3.8) is 0 Å². The van der Waals surface area contributed by atoms with Gasteiger partial charge in [-0.2, -0.15) is 5.26 Å². The predicted molar refractivity (Wildman–Crippen MR) is 176 cm³/mol. The summed E-state index contributed by atoms with van der Waals surface area (Å²) in [5.74, 6) is -3.35. The number of nitriles is 1. The standard InChI is InChI=1S/C35H46N8O6/c1-34(2,49)28-20-38-41-43(28)25-18-27(32(47)40-35(29(44)30(37)45)15-7-4-8-16-35)42(21-25)33(48)26(17-22-9-5-3-6-10-22)39-31(46)24-13-11-23(19-36)12-14-24/h11-14,20,22,25-27,49H,3-10,15-18,21H2,1-2H3,(H2,37,45)(H,39,46)(H,40,47)/t25-,26+,27-/m0/s1. The number of nitrogens with one attached hydrogen (secondary N) is 2. The number of ketones is 1. The second kappa shape index (κ2) is 14.9. The van der Waals surface area contributed by atoms with Crippen LogP contribution in [0, 0.1) is 17.2 Å². The van der Waals surface area contributed by atoms with Crippen LogP contribution in [0.5, 0.6) is 0 Å². The van der Waals surface area contributed by atoms with Gasteiger partial charge in [0.15, 0.2) is 0 Å². The number of hydrogen-bond donors (Lipinski definition) is 4. The van der Waals surface area contributed by atoms with E-state index in [0.717, 1.165) is 38.5 Å². The van der Waals surface area contributed by atoms with Crippen molar-refractivity contribution in [3.8, 4) is 6.07 Å². The van der Waals surface area contributed by atoms with E-state index in [-0.39, 0.29) is 37.3 Å². The van der Waals surface area contributed by atoms with Crippen molar-refractivity contribution in [3.05, 3.63) is 47.3 Å². The van der Waals surface area contributed by atoms with Gasteiger partial charge in [-0.3, -0.25) is 24.0 Å². The Bertz CT molecular complexity index is 1590. The number of Topliss-reactive ketones (excluding diaryl/α,β-unsaturated/α-hetero) is 1. The van der Waals surface area contributed by atoms with Crippen molar-refractivity contribution in [2.24, 2.45) is 11.7 Å². The number of benzene rings is 1. The van der Waals surface area contributed by atoms with Crippen LogP contribution in [-0.4, -0.2) is 78.6 Å². The molecule has 3 fully saturated rings. The molecule has 1 saturated heterocycles. The number of primary amides is 1. The summed E-state index contributed by atoms with van der Waals surface area (Å²) < 4.78 is 1.52. The van der Waals surface area contributed by atoms with E-state index in [0.29, 0.717) is 30.5 Å². The molecule has 2 heterocycles. The minimum Gasteiger partial charge on any atom is -0.384 e. The van der Waals surface area contributed by atoms with E-state index in [2.05, 4.69) is 20.9 Å². The van der Waals surface area contributed by atoms with Gasteiger partial charge in [0.1, 0.15) is 23.2 Å². The first-order valence-corrected chi connectivity index (χ1v) is 17.2. The van der Waals surface area contributed by atoms with Gasteiger partial charge in [-0.05, 0) is 63.3 Å². The topological polar surface area (TPSA) is 213 Å². The van der Waals surface area contributed by atoms with E-state index >= 15 is 0 Å². The maximum Gasteiger partial charge on any atom is 0.287 e. The van der Waals surface area contributed by atoms with Crippen LogP contribution in [0.25, 0.3) is 0 Å². The molecule has 262 valence electrons. The van der Waals surface area contributed by atoms with E-state index in [1.807, 2.05) is 6.07 Å². The monoisotopic (exact) mass is 674 g/mol. The Labute approximate surface area is 285 Å². The Balaban J connectivity index is 1.48. The lowest BCUT2D eigenvalue weighted by molar-refractivity contribution is -0.145. The van der Waals surface area contributed by atoms with E-state index < -0.39 is 58.7 Å². The second-order valence-corrected chi connectivity index (χ2v) is 14.3. The number of rotatable bonds is 11. The van der Waals surface area contributed by atoms with Crippen molar-refractivity contribution in [1.82, 2.24) is 30.5 Å². The molecule has 49 heavy (non-hydrogen) atoms. The Morgan fingerprint density at radius 1 is 1.06 bits per heavy atom. The zero-order chi connectivity index (χ0) is 35.3. The van der Waals surface area contributed by atoms with E-state index in [1.165, 1.54) is 40.0 Å². The summed E-state index contributed by atoms with van der Waals surface area (Å²) >= 11 is 0. The molecule has 0 unspecified atom stereocenters. The first kappa shape index (κ1) is 35.7. The number of nitrogens with zero attached hydrogens (tertiary/aromatic N) is 5. The number of aromatic nitrogens is 3. The number of likely N-dealkylation sites (tertiary alicyclic amines) is 1. The van der Waals surface area contributed by atoms with Crippen LogP contribution < -0.4 is 16.4 Å². The first-order valence-electron chi connectivity index (χ1n) is 17.2. The number of amides is 4. The molecule has 3 aliphatic rings. The van der Waals surface area contributed by atoms with Gasteiger partial charge in [0.2, 0.25) is 17.6 Å². The average molecular weight is 675 g/mol. The number of hydrogen-bond acceptors (Lipinski definition) is 9. The zero-order valence-corrected chi connectivity index (χ0v) is 28.2. The Morgan fingerprint density at radius 3 is 2.33 bits per heavy atom. The highest BCUT2D eigenvalue weighted by Crippen LogP contribution is 2.35. The third-order valence-corrected chi connectivity index (χ3v) is 10.3. The summed E-state index contributed by atoms with van der Waals surface area (Å²) in [5, 5.41) is 34.0. The van der Waals surface area contributed by atoms with Crippen molar-refractivity contribution in [2.45, 2.75) is 120 Å². The minimum atomic E-state index is -1.47. The fourth-order valence-corrected chi connectivity index (χ4v) is 7.67. The lowest BCUT2D eigenvalue weighted by Crippen LogP contribution is -2.62.